The van der Waals surface area contributed by atoms with E-state index >= 15 is 0 Å². The lowest BCUT2D eigenvalue weighted by molar-refractivity contribution is -0.109. The minimum absolute atomic E-state index is 0.571. The van der Waals surface area contributed by atoms with Crippen molar-refractivity contribution in [3.05, 3.63) is 0 Å². The highest BCUT2D eigenvalue weighted by Gasteiger charge is 1.92. The summed E-state index contributed by atoms with van der Waals surface area (Å²) >= 11 is 0. The molecule has 0 atom stereocenters. The Labute approximate surface area is 121 Å². The van der Waals surface area contributed by atoms with Crippen LogP contribution in [-0.4, -0.2) is 38.6 Å². The van der Waals surface area contributed by atoms with E-state index in [0.717, 1.165) is 39.0 Å². The third-order valence-corrected chi connectivity index (χ3v) is 2.11. The van der Waals surface area contributed by atoms with Crippen LogP contribution in [0.5, 0.6) is 0 Å². The van der Waals surface area contributed by atoms with Crippen LogP contribution < -0.4 is 16.0 Å². The third kappa shape index (κ3) is 31.7. The van der Waals surface area contributed by atoms with Gasteiger partial charge >= 0.3 is 0 Å². The number of hydrogen-bond acceptors (Lipinski definition) is 3. The fourth-order valence-corrected chi connectivity index (χ4v) is 1.29. The third-order valence-electron chi connectivity index (χ3n) is 2.11. The Morgan fingerprint density at radius 2 is 1.42 bits per heavy atom. The molecule has 0 fully saturated rings. The summed E-state index contributed by atoms with van der Waals surface area (Å²) < 4.78 is 0. The molecule has 0 radical (unpaired) electrons. The molecule has 118 valence electrons. The van der Waals surface area contributed by atoms with E-state index in [-0.39, 0.29) is 0 Å². The van der Waals surface area contributed by atoms with Gasteiger partial charge in [-0.2, -0.15) is 0 Å². The lowest BCUT2D eigenvalue weighted by Crippen LogP contribution is -2.32. The molecule has 0 aromatic rings. The van der Waals surface area contributed by atoms with Gasteiger partial charge in [-0.25, -0.2) is 0 Å². The molecule has 0 aromatic heterocycles. The van der Waals surface area contributed by atoms with E-state index in [9.17, 15) is 4.79 Å². The standard InChI is InChI=1S/C11H25N3O.2C2H6/c1-11(2)14-9-8-12-6-4-3-5-7-13-10-15;2*1-2/h10-12,14H,3-9H2,1-2H3,(H,13,15);2*1-2H3. The first kappa shape index (κ1) is 23.5. The normalized spacial score (nSPS) is 9.00. The number of hydrogen-bond donors (Lipinski definition) is 3. The molecule has 0 aliphatic rings. The van der Waals surface area contributed by atoms with Gasteiger partial charge in [0.2, 0.25) is 6.41 Å². The van der Waals surface area contributed by atoms with E-state index in [0.29, 0.717) is 6.04 Å². The molecule has 0 aliphatic carbocycles. The minimum atomic E-state index is 0.571. The Balaban J connectivity index is -0.000000579. The minimum Gasteiger partial charge on any atom is -0.359 e. The van der Waals surface area contributed by atoms with Crippen LogP contribution in [0.2, 0.25) is 0 Å². The van der Waals surface area contributed by atoms with Crippen LogP contribution in [-0.2, 0) is 4.79 Å². The zero-order chi connectivity index (χ0) is 15.4. The second kappa shape index (κ2) is 26.1. The molecule has 1 amide bonds. The topological polar surface area (TPSA) is 53.2 Å². The predicted molar refractivity (Wildman–Crippen MR) is 86.6 cm³/mol. The zero-order valence-corrected chi connectivity index (χ0v) is 14.0. The summed E-state index contributed by atoms with van der Waals surface area (Å²) in [7, 11) is 0. The van der Waals surface area contributed by atoms with Gasteiger partial charge in [0.1, 0.15) is 0 Å². The lowest BCUT2D eigenvalue weighted by atomic mass is 10.2. The van der Waals surface area contributed by atoms with Crippen molar-refractivity contribution >= 4 is 6.41 Å². The van der Waals surface area contributed by atoms with Crippen molar-refractivity contribution in [3.63, 3.8) is 0 Å². The Bertz CT molecular complexity index is 141. The molecule has 4 heteroatoms. The van der Waals surface area contributed by atoms with Crippen LogP contribution in [0.3, 0.4) is 0 Å². The van der Waals surface area contributed by atoms with Gasteiger partial charge in [0, 0.05) is 25.7 Å². The molecule has 0 bridgehead atoms. The highest BCUT2D eigenvalue weighted by Crippen LogP contribution is 1.91. The average Bonchev–Trinajstić information content (AvgIpc) is 2.45. The van der Waals surface area contributed by atoms with E-state index in [2.05, 4.69) is 29.8 Å². The molecular weight excluding hydrogens is 238 g/mol. The number of unbranched alkanes of at least 4 members (excludes halogenated alkanes) is 2. The van der Waals surface area contributed by atoms with Crippen molar-refractivity contribution in [2.24, 2.45) is 0 Å². The zero-order valence-electron chi connectivity index (χ0n) is 14.0. The van der Waals surface area contributed by atoms with Gasteiger partial charge in [-0.1, -0.05) is 48.0 Å². The van der Waals surface area contributed by atoms with Crippen molar-refractivity contribution in [1.82, 2.24) is 16.0 Å². The van der Waals surface area contributed by atoms with Crippen LogP contribution >= 0.6 is 0 Å². The molecule has 19 heavy (non-hydrogen) atoms. The Morgan fingerprint density at radius 1 is 0.842 bits per heavy atom. The molecule has 0 aliphatic heterocycles. The maximum Gasteiger partial charge on any atom is 0.207 e. The molecule has 0 spiro atoms. The number of carbonyl (C=O) groups excluding carboxylic acids is 1. The van der Waals surface area contributed by atoms with Gasteiger partial charge in [0.25, 0.3) is 0 Å². The SMILES string of the molecule is CC.CC.CC(C)NCCNCCCCCNC=O. The molecule has 0 rings (SSSR count). The summed E-state index contributed by atoms with van der Waals surface area (Å²) in [6, 6.07) is 0.571. The van der Waals surface area contributed by atoms with Crippen molar-refractivity contribution in [2.45, 2.75) is 66.8 Å². The van der Waals surface area contributed by atoms with Gasteiger partial charge in [-0.15, -0.1) is 0 Å². The monoisotopic (exact) mass is 275 g/mol. The first-order chi connectivity index (χ1) is 9.27. The fourth-order valence-electron chi connectivity index (χ4n) is 1.29. The molecule has 3 N–H and O–H groups in total. The molecule has 0 aromatic carbocycles. The van der Waals surface area contributed by atoms with Gasteiger partial charge in [-0.3, -0.25) is 4.79 Å². The van der Waals surface area contributed by atoms with Crippen molar-refractivity contribution in [3.8, 4) is 0 Å². The maximum atomic E-state index is 9.94. The second-order valence-corrected chi connectivity index (χ2v) is 3.99. The summed E-state index contributed by atoms with van der Waals surface area (Å²) in [5.41, 5.74) is 0. The van der Waals surface area contributed by atoms with E-state index < -0.39 is 0 Å². The summed E-state index contributed by atoms with van der Waals surface area (Å²) in [4.78, 5) is 9.94. The van der Waals surface area contributed by atoms with Gasteiger partial charge in [-0.05, 0) is 19.4 Å². The lowest BCUT2D eigenvalue weighted by Gasteiger charge is -2.08. The number of nitrogens with one attached hydrogen (secondary N) is 3. The summed E-state index contributed by atoms with van der Waals surface area (Å²) in [5, 5.41) is 9.39. The molecule has 0 saturated carbocycles. The van der Waals surface area contributed by atoms with Crippen LogP contribution in [0.25, 0.3) is 0 Å². The van der Waals surface area contributed by atoms with E-state index in [4.69, 9.17) is 0 Å². The largest absolute Gasteiger partial charge is 0.359 e. The molecule has 0 saturated heterocycles. The molecular formula is C15H37N3O. The molecule has 0 heterocycles. The number of carbonyl (C=O) groups is 1. The van der Waals surface area contributed by atoms with Gasteiger partial charge < -0.3 is 16.0 Å². The van der Waals surface area contributed by atoms with Crippen molar-refractivity contribution < 1.29 is 4.79 Å². The Kier molecular flexibility index (Phi) is 32.2. The second-order valence-electron chi connectivity index (χ2n) is 3.99. The van der Waals surface area contributed by atoms with E-state index in [1.54, 1.807) is 0 Å². The van der Waals surface area contributed by atoms with Crippen LogP contribution in [0.1, 0.15) is 60.8 Å². The van der Waals surface area contributed by atoms with Crippen molar-refractivity contribution in [2.75, 3.05) is 26.2 Å². The van der Waals surface area contributed by atoms with Gasteiger partial charge in [0.05, 0.1) is 0 Å². The Hall–Kier alpha value is -0.610. The smallest absolute Gasteiger partial charge is 0.207 e. The maximum absolute atomic E-state index is 9.94. The average molecular weight is 275 g/mol. The van der Waals surface area contributed by atoms with Crippen LogP contribution in [0.4, 0.5) is 0 Å². The quantitative estimate of drug-likeness (QED) is 0.401. The Morgan fingerprint density at radius 3 is 1.95 bits per heavy atom. The van der Waals surface area contributed by atoms with E-state index in [1.807, 2.05) is 27.7 Å². The predicted octanol–water partition coefficient (Wildman–Crippen LogP) is 2.54. The highest BCUT2D eigenvalue weighted by atomic mass is 16.1. The van der Waals surface area contributed by atoms with Crippen LogP contribution in [0.15, 0.2) is 0 Å². The van der Waals surface area contributed by atoms with Crippen molar-refractivity contribution in [1.29, 1.82) is 0 Å². The summed E-state index contributed by atoms with van der Waals surface area (Å²) in [6.45, 7) is 16.2. The highest BCUT2D eigenvalue weighted by molar-refractivity contribution is 5.45. The molecule has 4 nitrogen and oxygen atoms in total. The first-order valence-corrected chi connectivity index (χ1v) is 7.88. The number of rotatable bonds is 11. The summed E-state index contributed by atoms with van der Waals surface area (Å²) in [5.74, 6) is 0. The number of amides is 1. The first-order valence-electron chi connectivity index (χ1n) is 7.88. The van der Waals surface area contributed by atoms with E-state index in [1.165, 1.54) is 12.8 Å². The summed E-state index contributed by atoms with van der Waals surface area (Å²) in [6.07, 6.45) is 4.19. The fraction of sp³-hybridized carbons (Fsp3) is 0.933. The van der Waals surface area contributed by atoms with Gasteiger partial charge in [0.15, 0.2) is 0 Å². The van der Waals surface area contributed by atoms with Crippen LogP contribution in [0, 0.1) is 0 Å². The molecule has 0 unspecified atom stereocenters.